The first-order chi connectivity index (χ1) is 5.81. The molecule has 0 aromatic heterocycles. The van der Waals surface area contributed by atoms with Gasteiger partial charge in [0.05, 0.1) is 0 Å². The summed E-state index contributed by atoms with van der Waals surface area (Å²) in [6.45, 7) is 2.21. The number of halogens is 1. The molecule has 1 N–H and O–H groups in total. The van der Waals surface area contributed by atoms with Gasteiger partial charge < -0.3 is 5.32 Å². The van der Waals surface area contributed by atoms with Crippen molar-refractivity contribution >= 4 is 12.4 Å². The van der Waals surface area contributed by atoms with Gasteiger partial charge >= 0.3 is 0 Å². The van der Waals surface area contributed by atoms with Crippen LogP contribution in [0.2, 0.25) is 0 Å². The number of fused-ring (bicyclic) bond motifs is 1. The maximum absolute atomic E-state index is 3.34. The Morgan fingerprint density at radius 3 is 2.69 bits per heavy atom. The standard InChI is InChI=1S/C11H15N.ClH/c1-8-4-3-5-9-6-10(12-2)7-11(8)9;/h3-5,10,12H,6-7H2,1-2H3;1H. The third kappa shape index (κ3) is 1.87. The Morgan fingerprint density at radius 2 is 2.08 bits per heavy atom. The minimum atomic E-state index is 0. The van der Waals surface area contributed by atoms with Gasteiger partial charge in [-0.25, -0.2) is 0 Å². The number of benzene rings is 1. The largest absolute Gasteiger partial charge is 0.316 e. The summed E-state index contributed by atoms with van der Waals surface area (Å²) < 4.78 is 0. The Balaban J connectivity index is 0.000000845. The maximum Gasteiger partial charge on any atom is 0.0145 e. The fraction of sp³-hybridized carbons (Fsp3) is 0.455. The zero-order valence-electron chi connectivity index (χ0n) is 8.13. The molecule has 2 heteroatoms. The molecule has 0 saturated heterocycles. The zero-order chi connectivity index (χ0) is 8.55. The van der Waals surface area contributed by atoms with E-state index in [-0.39, 0.29) is 12.4 Å². The van der Waals surface area contributed by atoms with Gasteiger partial charge in [-0.1, -0.05) is 18.2 Å². The van der Waals surface area contributed by atoms with E-state index in [0.29, 0.717) is 6.04 Å². The number of likely N-dealkylation sites (N-methyl/N-ethyl adjacent to an activating group) is 1. The van der Waals surface area contributed by atoms with Crippen LogP contribution in [-0.4, -0.2) is 13.1 Å². The molecular formula is C11H16ClN. The lowest BCUT2D eigenvalue weighted by atomic mass is 10.1. The normalized spacial score (nSPS) is 19.4. The van der Waals surface area contributed by atoms with Gasteiger partial charge in [0.2, 0.25) is 0 Å². The van der Waals surface area contributed by atoms with Crippen LogP contribution in [0.15, 0.2) is 18.2 Å². The van der Waals surface area contributed by atoms with Crippen molar-refractivity contribution in [2.45, 2.75) is 25.8 Å². The molecule has 1 atom stereocenters. The molecule has 1 unspecified atom stereocenters. The SMILES string of the molecule is CNC1Cc2cccc(C)c2C1.Cl. The Hall–Kier alpha value is -0.530. The Morgan fingerprint density at radius 1 is 1.31 bits per heavy atom. The number of rotatable bonds is 1. The Labute approximate surface area is 86.0 Å². The van der Waals surface area contributed by atoms with Crippen molar-refractivity contribution in [2.75, 3.05) is 7.05 Å². The molecule has 0 spiro atoms. The van der Waals surface area contributed by atoms with Crippen molar-refractivity contribution in [1.29, 1.82) is 0 Å². The quantitative estimate of drug-likeness (QED) is 0.727. The van der Waals surface area contributed by atoms with E-state index in [1.54, 1.807) is 5.56 Å². The van der Waals surface area contributed by atoms with E-state index >= 15 is 0 Å². The molecule has 1 aliphatic carbocycles. The summed E-state index contributed by atoms with van der Waals surface area (Å²) in [5, 5.41) is 3.34. The topological polar surface area (TPSA) is 12.0 Å². The predicted molar refractivity (Wildman–Crippen MR) is 58.7 cm³/mol. The third-order valence-electron chi connectivity index (χ3n) is 2.83. The van der Waals surface area contributed by atoms with Crippen molar-refractivity contribution in [1.82, 2.24) is 5.32 Å². The summed E-state index contributed by atoms with van der Waals surface area (Å²) in [5.41, 5.74) is 4.55. The molecule has 1 aromatic rings. The fourth-order valence-electron chi connectivity index (χ4n) is 2.03. The second-order valence-electron chi connectivity index (χ2n) is 3.61. The summed E-state index contributed by atoms with van der Waals surface area (Å²) in [5.74, 6) is 0. The van der Waals surface area contributed by atoms with E-state index in [2.05, 4.69) is 30.4 Å². The van der Waals surface area contributed by atoms with Crippen molar-refractivity contribution < 1.29 is 0 Å². The minimum Gasteiger partial charge on any atom is -0.316 e. The van der Waals surface area contributed by atoms with Crippen molar-refractivity contribution in [3.05, 3.63) is 34.9 Å². The van der Waals surface area contributed by atoms with Crippen LogP contribution in [0.1, 0.15) is 16.7 Å². The number of nitrogens with one attached hydrogen (secondary N) is 1. The molecule has 0 aliphatic heterocycles. The van der Waals surface area contributed by atoms with Crippen LogP contribution in [-0.2, 0) is 12.8 Å². The van der Waals surface area contributed by atoms with Crippen LogP contribution in [0.4, 0.5) is 0 Å². The molecule has 0 fully saturated rings. The highest BCUT2D eigenvalue weighted by Crippen LogP contribution is 2.24. The van der Waals surface area contributed by atoms with Crippen molar-refractivity contribution in [3.63, 3.8) is 0 Å². The van der Waals surface area contributed by atoms with Crippen LogP contribution in [0, 0.1) is 6.92 Å². The monoisotopic (exact) mass is 197 g/mol. The van der Waals surface area contributed by atoms with Gasteiger partial charge in [-0.05, 0) is 43.5 Å². The highest BCUT2D eigenvalue weighted by molar-refractivity contribution is 5.85. The van der Waals surface area contributed by atoms with E-state index in [0.717, 1.165) is 0 Å². The van der Waals surface area contributed by atoms with E-state index in [1.807, 2.05) is 7.05 Å². The highest BCUT2D eigenvalue weighted by Gasteiger charge is 2.20. The lowest BCUT2D eigenvalue weighted by molar-refractivity contribution is 0.593. The van der Waals surface area contributed by atoms with E-state index in [1.165, 1.54) is 24.0 Å². The third-order valence-corrected chi connectivity index (χ3v) is 2.83. The molecule has 1 aromatic carbocycles. The molecule has 0 saturated carbocycles. The molecule has 2 rings (SSSR count). The molecule has 1 aliphatic rings. The molecule has 0 radical (unpaired) electrons. The van der Waals surface area contributed by atoms with Gasteiger partial charge in [0, 0.05) is 6.04 Å². The Bertz CT molecular complexity index is 296. The van der Waals surface area contributed by atoms with Gasteiger partial charge in [-0.15, -0.1) is 12.4 Å². The fourth-order valence-corrected chi connectivity index (χ4v) is 2.03. The number of aryl methyl sites for hydroxylation is 1. The number of hydrogen-bond donors (Lipinski definition) is 1. The molecule has 72 valence electrons. The van der Waals surface area contributed by atoms with E-state index < -0.39 is 0 Å². The van der Waals surface area contributed by atoms with Gasteiger partial charge in [0.15, 0.2) is 0 Å². The first kappa shape index (κ1) is 10.6. The average Bonchev–Trinajstić information content (AvgIpc) is 2.49. The summed E-state index contributed by atoms with van der Waals surface area (Å²) in [6, 6.07) is 7.28. The average molecular weight is 198 g/mol. The summed E-state index contributed by atoms with van der Waals surface area (Å²) >= 11 is 0. The van der Waals surface area contributed by atoms with E-state index in [9.17, 15) is 0 Å². The Kier molecular flexibility index (Phi) is 3.34. The van der Waals surface area contributed by atoms with Gasteiger partial charge in [-0.2, -0.15) is 0 Å². The molecule has 1 nitrogen and oxygen atoms in total. The molecule has 0 amide bonds. The first-order valence-electron chi connectivity index (χ1n) is 4.56. The zero-order valence-corrected chi connectivity index (χ0v) is 8.95. The number of hydrogen-bond acceptors (Lipinski definition) is 1. The maximum atomic E-state index is 3.34. The lowest BCUT2D eigenvalue weighted by Crippen LogP contribution is -2.24. The minimum absolute atomic E-state index is 0. The highest BCUT2D eigenvalue weighted by atomic mass is 35.5. The first-order valence-corrected chi connectivity index (χ1v) is 4.56. The molecule has 0 heterocycles. The van der Waals surface area contributed by atoms with Crippen LogP contribution in [0.25, 0.3) is 0 Å². The molecule has 0 bridgehead atoms. The molecular weight excluding hydrogens is 182 g/mol. The van der Waals surface area contributed by atoms with Crippen molar-refractivity contribution in [3.8, 4) is 0 Å². The summed E-state index contributed by atoms with van der Waals surface area (Å²) in [7, 11) is 2.05. The van der Waals surface area contributed by atoms with Gasteiger partial charge in [-0.3, -0.25) is 0 Å². The van der Waals surface area contributed by atoms with E-state index in [4.69, 9.17) is 0 Å². The second-order valence-corrected chi connectivity index (χ2v) is 3.61. The summed E-state index contributed by atoms with van der Waals surface area (Å²) in [4.78, 5) is 0. The van der Waals surface area contributed by atoms with Crippen molar-refractivity contribution in [2.24, 2.45) is 0 Å². The van der Waals surface area contributed by atoms with Crippen LogP contribution in [0.5, 0.6) is 0 Å². The molecule has 13 heavy (non-hydrogen) atoms. The van der Waals surface area contributed by atoms with Gasteiger partial charge in [0.1, 0.15) is 0 Å². The van der Waals surface area contributed by atoms with Crippen LogP contribution in [0.3, 0.4) is 0 Å². The van der Waals surface area contributed by atoms with Gasteiger partial charge in [0.25, 0.3) is 0 Å². The smallest absolute Gasteiger partial charge is 0.0145 e. The predicted octanol–water partition coefficient (Wildman–Crippen LogP) is 2.10. The summed E-state index contributed by atoms with van der Waals surface area (Å²) in [6.07, 6.45) is 2.41. The van der Waals surface area contributed by atoms with Crippen LogP contribution >= 0.6 is 12.4 Å². The second kappa shape index (κ2) is 4.12. The van der Waals surface area contributed by atoms with Crippen LogP contribution < -0.4 is 5.32 Å². The lowest BCUT2D eigenvalue weighted by Gasteiger charge is -2.05.